The van der Waals surface area contributed by atoms with Crippen LogP contribution in [0.4, 0.5) is 4.79 Å². The van der Waals surface area contributed by atoms with Gasteiger partial charge in [-0.3, -0.25) is 9.47 Å². The molecule has 88 valence electrons. The molecule has 16 heavy (non-hydrogen) atoms. The fourth-order valence-electron chi connectivity index (χ4n) is 1.50. The number of nitrogens with one attached hydrogen (secondary N) is 1. The Balaban J connectivity index is 3.16. The van der Waals surface area contributed by atoms with Crippen LogP contribution in [0.1, 0.15) is 21.7 Å². The Bertz CT molecular complexity index is 434. The predicted octanol–water partition coefficient (Wildman–Crippen LogP) is 0.429. The SMILES string of the molecule is Cc1cc(C(=O)N(C)C)c(C)n1NC(N)=O. The molecule has 0 aliphatic rings. The molecule has 1 aromatic rings. The largest absolute Gasteiger partial charge is 0.350 e. The summed E-state index contributed by atoms with van der Waals surface area (Å²) in [6.45, 7) is 3.54. The molecule has 3 N–H and O–H groups in total. The van der Waals surface area contributed by atoms with E-state index in [1.54, 1.807) is 34.0 Å². The van der Waals surface area contributed by atoms with Crippen molar-refractivity contribution in [3.63, 3.8) is 0 Å². The van der Waals surface area contributed by atoms with Gasteiger partial charge in [-0.15, -0.1) is 0 Å². The van der Waals surface area contributed by atoms with Gasteiger partial charge in [-0.2, -0.15) is 0 Å². The normalized spacial score (nSPS) is 10.0. The van der Waals surface area contributed by atoms with E-state index in [-0.39, 0.29) is 5.91 Å². The second-order valence-corrected chi connectivity index (χ2v) is 3.80. The lowest BCUT2D eigenvalue weighted by molar-refractivity contribution is 0.0827. The topological polar surface area (TPSA) is 80.4 Å². The second kappa shape index (κ2) is 4.26. The number of nitrogens with zero attached hydrogens (tertiary/aromatic N) is 2. The van der Waals surface area contributed by atoms with Crippen molar-refractivity contribution >= 4 is 11.9 Å². The monoisotopic (exact) mass is 224 g/mol. The number of aryl methyl sites for hydroxylation is 1. The minimum Gasteiger partial charge on any atom is -0.350 e. The van der Waals surface area contributed by atoms with Crippen LogP contribution < -0.4 is 11.2 Å². The Morgan fingerprint density at radius 1 is 1.38 bits per heavy atom. The molecule has 0 aromatic carbocycles. The molecule has 6 heteroatoms. The smallest absolute Gasteiger partial charge is 0.331 e. The quantitative estimate of drug-likeness (QED) is 0.763. The molecular formula is C10H16N4O2. The average molecular weight is 224 g/mol. The summed E-state index contributed by atoms with van der Waals surface area (Å²) in [6, 6.07) is 1.05. The third-order valence-corrected chi connectivity index (χ3v) is 2.29. The fraction of sp³-hybridized carbons (Fsp3) is 0.400. The predicted molar refractivity (Wildman–Crippen MR) is 60.9 cm³/mol. The van der Waals surface area contributed by atoms with Crippen molar-refractivity contribution in [1.29, 1.82) is 0 Å². The van der Waals surface area contributed by atoms with E-state index >= 15 is 0 Å². The second-order valence-electron chi connectivity index (χ2n) is 3.80. The van der Waals surface area contributed by atoms with Crippen molar-refractivity contribution in [1.82, 2.24) is 9.58 Å². The highest BCUT2D eigenvalue weighted by molar-refractivity contribution is 5.95. The van der Waals surface area contributed by atoms with Gasteiger partial charge >= 0.3 is 6.03 Å². The van der Waals surface area contributed by atoms with Crippen molar-refractivity contribution in [2.75, 3.05) is 19.5 Å². The van der Waals surface area contributed by atoms with E-state index in [2.05, 4.69) is 5.43 Å². The highest BCUT2D eigenvalue weighted by atomic mass is 16.2. The van der Waals surface area contributed by atoms with E-state index in [0.717, 1.165) is 5.69 Å². The van der Waals surface area contributed by atoms with Crippen molar-refractivity contribution in [3.05, 3.63) is 23.0 Å². The Kier molecular flexibility index (Phi) is 3.22. The van der Waals surface area contributed by atoms with Crippen LogP contribution in [0.3, 0.4) is 0 Å². The Morgan fingerprint density at radius 2 is 1.94 bits per heavy atom. The summed E-state index contributed by atoms with van der Waals surface area (Å²) >= 11 is 0. The number of carbonyl (C=O) groups is 2. The number of urea groups is 1. The number of hydrogen-bond acceptors (Lipinski definition) is 2. The van der Waals surface area contributed by atoms with Crippen molar-refractivity contribution in [3.8, 4) is 0 Å². The molecule has 1 rings (SSSR count). The average Bonchev–Trinajstić information content (AvgIpc) is 2.44. The summed E-state index contributed by atoms with van der Waals surface area (Å²) in [7, 11) is 3.35. The van der Waals surface area contributed by atoms with Gasteiger partial charge in [0.25, 0.3) is 5.91 Å². The lowest BCUT2D eigenvalue weighted by atomic mass is 10.2. The third-order valence-electron chi connectivity index (χ3n) is 2.29. The maximum atomic E-state index is 11.8. The van der Waals surface area contributed by atoms with Gasteiger partial charge in [-0.05, 0) is 19.9 Å². The molecule has 0 radical (unpaired) electrons. The maximum Gasteiger partial charge on any atom is 0.331 e. The molecule has 0 unspecified atom stereocenters. The molecule has 0 bridgehead atoms. The van der Waals surface area contributed by atoms with Crippen molar-refractivity contribution in [2.24, 2.45) is 5.73 Å². The van der Waals surface area contributed by atoms with Crippen LogP contribution in [0, 0.1) is 13.8 Å². The maximum absolute atomic E-state index is 11.8. The van der Waals surface area contributed by atoms with Crippen LogP contribution in [-0.2, 0) is 0 Å². The van der Waals surface area contributed by atoms with E-state index in [1.807, 2.05) is 0 Å². The first-order chi connectivity index (χ1) is 7.34. The number of hydrogen-bond donors (Lipinski definition) is 2. The zero-order chi connectivity index (χ0) is 12.5. The summed E-state index contributed by atoms with van der Waals surface area (Å²) < 4.78 is 1.50. The van der Waals surface area contributed by atoms with E-state index in [4.69, 9.17) is 5.73 Å². The van der Waals surface area contributed by atoms with E-state index in [1.165, 1.54) is 9.58 Å². The van der Waals surface area contributed by atoms with Gasteiger partial charge in [-0.1, -0.05) is 0 Å². The first-order valence-electron chi connectivity index (χ1n) is 4.81. The lowest BCUT2D eigenvalue weighted by Crippen LogP contribution is -2.30. The summed E-state index contributed by atoms with van der Waals surface area (Å²) in [4.78, 5) is 24.0. The van der Waals surface area contributed by atoms with Crippen LogP contribution in [0.2, 0.25) is 0 Å². The van der Waals surface area contributed by atoms with Crippen LogP contribution >= 0.6 is 0 Å². The fourth-order valence-corrected chi connectivity index (χ4v) is 1.50. The Hall–Kier alpha value is -1.98. The zero-order valence-electron chi connectivity index (χ0n) is 9.87. The molecule has 0 aliphatic heterocycles. The molecule has 0 fully saturated rings. The molecule has 1 heterocycles. The summed E-state index contributed by atoms with van der Waals surface area (Å²) in [6.07, 6.45) is 0. The van der Waals surface area contributed by atoms with Crippen LogP contribution in [0.15, 0.2) is 6.07 Å². The number of amides is 3. The Labute approximate surface area is 94.0 Å². The minimum absolute atomic E-state index is 0.106. The molecule has 3 amide bonds. The lowest BCUT2D eigenvalue weighted by Gasteiger charge is -2.11. The first kappa shape index (κ1) is 12.1. The van der Waals surface area contributed by atoms with Gasteiger partial charge in [0.05, 0.1) is 5.56 Å². The van der Waals surface area contributed by atoms with Crippen LogP contribution in [0.25, 0.3) is 0 Å². The Morgan fingerprint density at radius 3 is 2.38 bits per heavy atom. The summed E-state index contributed by atoms with van der Waals surface area (Å²) in [5.41, 5.74) is 9.45. The molecule has 0 saturated carbocycles. The highest BCUT2D eigenvalue weighted by Crippen LogP contribution is 2.14. The molecule has 6 nitrogen and oxygen atoms in total. The zero-order valence-corrected chi connectivity index (χ0v) is 9.87. The van der Waals surface area contributed by atoms with Gasteiger partial charge in [0.1, 0.15) is 0 Å². The van der Waals surface area contributed by atoms with E-state index in [0.29, 0.717) is 11.3 Å². The summed E-state index contributed by atoms with van der Waals surface area (Å²) in [5, 5.41) is 0. The molecule has 0 atom stereocenters. The summed E-state index contributed by atoms with van der Waals surface area (Å²) in [5.74, 6) is -0.106. The minimum atomic E-state index is -0.661. The molecule has 0 aliphatic carbocycles. The molecule has 1 aromatic heterocycles. The number of aromatic nitrogens is 1. The van der Waals surface area contributed by atoms with Gasteiger partial charge in [0.2, 0.25) is 0 Å². The number of nitrogens with two attached hydrogens (primary N) is 1. The standard InChI is InChI=1S/C10H16N4O2/c1-6-5-8(9(15)13(3)4)7(2)14(6)12-10(11)16/h5H,1-4H3,(H3,11,12,16). The first-order valence-corrected chi connectivity index (χ1v) is 4.81. The van der Waals surface area contributed by atoms with Gasteiger partial charge < -0.3 is 10.6 Å². The number of carbonyl (C=O) groups excluding carboxylic acids is 2. The van der Waals surface area contributed by atoms with Gasteiger partial charge in [0, 0.05) is 25.5 Å². The van der Waals surface area contributed by atoms with Crippen molar-refractivity contribution < 1.29 is 9.59 Å². The van der Waals surface area contributed by atoms with Crippen LogP contribution in [0.5, 0.6) is 0 Å². The highest BCUT2D eigenvalue weighted by Gasteiger charge is 2.17. The molecule has 0 spiro atoms. The number of rotatable bonds is 2. The number of primary amides is 1. The van der Waals surface area contributed by atoms with Crippen LogP contribution in [-0.4, -0.2) is 35.6 Å². The van der Waals surface area contributed by atoms with Crippen molar-refractivity contribution in [2.45, 2.75) is 13.8 Å². The van der Waals surface area contributed by atoms with E-state index in [9.17, 15) is 9.59 Å². The van der Waals surface area contributed by atoms with Gasteiger partial charge in [0.15, 0.2) is 0 Å². The van der Waals surface area contributed by atoms with E-state index < -0.39 is 6.03 Å². The molecule has 0 saturated heterocycles. The third kappa shape index (κ3) is 2.16. The molecular weight excluding hydrogens is 208 g/mol. The van der Waals surface area contributed by atoms with Gasteiger partial charge in [-0.25, -0.2) is 10.2 Å².